The number of hydrogen-bond donors (Lipinski definition) is 1. The third-order valence-electron chi connectivity index (χ3n) is 5.34. The highest BCUT2D eigenvalue weighted by Gasteiger charge is 2.56. The SMILES string of the molecule is C[C@H]1O[C@H]1/C=C/C(=O)[C@@]1(O)C(=O)OC[C@@H]1CO[Si](C)(C)C(C)(C)C. The molecule has 136 valence electrons. The van der Waals surface area contributed by atoms with E-state index in [0.29, 0.717) is 0 Å². The Bertz CT molecular complexity index is 550. The molecule has 0 aromatic rings. The predicted molar refractivity (Wildman–Crippen MR) is 91.0 cm³/mol. The molecule has 7 heteroatoms. The largest absolute Gasteiger partial charge is 0.463 e. The van der Waals surface area contributed by atoms with Crippen molar-refractivity contribution in [3.05, 3.63) is 12.2 Å². The lowest BCUT2D eigenvalue weighted by molar-refractivity contribution is -0.160. The molecule has 0 aliphatic carbocycles. The second-order valence-electron chi connectivity index (χ2n) is 8.16. The van der Waals surface area contributed by atoms with Gasteiger partial charge in [-0.05, 0) is 37.2 Å². The molecule has 2 saturated heterocycles. The lowest BCUT2D eigenvalue weighted by atomic mass is 9.86. The second-order valence-corrected chi connectivity index (χ2v) is 13.0. The molecule has 0 aromatic carbocycles. The highest BCUT2D eigenvalue weighted by atomic mass is 28.4. The summed E-state index contributed by atoms with van der Waals surface area (Å²) < 4.78 is 16.2. The van der Waals surface area contributed by atoms with Crippen LogP contribution >= 0.6 is 0 Å². The van der Waals surface area contributed by atoms with Crippen molar-refractivity contribution in [3.63, 3.8) is 0 Å². The average molecular weight is 356 g/mol. The van der Waals surface area contributed by atoms with Gasteiger partial charge in [0.15, 0.2) is 14.1 Å². The van der Waals surface area contributed by atoms with E-state index in [-0.39, 0.29) is 30.5 Å². The number of cyclic esters (lactones) is 1. The number of ketones is 1. The monoisotopic (exact) mass is 356 g/mol. The zero-order valence-corrected chi connectivity index (χ0v) is 16.3. The van der Waals surface area contributed by atoms with Gasteiger partial charge in [-0.3, -0.25) is 4.79 Å². The molecule has 24 heavy (non-hydrogen) atoms. The summed E-state index contributed by atoms with van der Waals surface area (Å²) in [5, 5.41) is 10.7. The van der Waals surface area contributed by atoms with E-state index in [1.165, 1.54) is 6.08 Å². The number of hydrogen-bond acceptors (Lipinski definition) is 6. The Morgan fingerprint density at radius 3 is 2.54 bits per heavy atom. The topological polar surface area (TPSA) is 85.4 Å². The van der Waals surface area contributed by atoms with Crippen LogP contribution in [-0.2, 0) is 23.5 Å². The number of carbonyl (C=O) groups excluding carboxylic acids is 2. The van der Waals surface area contributed by atoms with Crippen molar-refractivity contribution in [2.24, 2.45) is 5.92 Å². The number of aliphatic hydroxyl groups is 1. The lowest BCUT2D eigenvalue weighted by Gasteiger charge is -2.37. The molecule has 0 radical (unpaired) electrons. The summed E-state index contributed by atoms with van der Waals surface area (Å²) in [5.41, 5.74) is -2.17. The van der Waals surface area contributed by atoms with Gasteiger partial charge in [0.25, 0.3) is 0 Å². The quantitative estimate of drug-likeness (QED) is 0.257. The minimum atomic E-state index is -2.17. The number of esters is 1. The van der Waals surface area contributed by atoms with Gasteiger partial charge in [-0.2, -0.15) is 0 Å². The summed E-state index contributed by atoms with van der Waals surface area (Å²) in [4.78, 5) is 24.4. The Labute approximate surface area is 144 Å². The maximum Gasteiger partial charge on any atom is 0.346 e. The normalized spacial score (nSPS) is 33.8. The Kier molecular flexibility index (Phi) is 5.12. The smallest absolute Gasteiger partial charge is 0.346 e. The first kappa shape index (κ1) is 19.3. The van der Waals surface area contributed by atoms with Gasteiger partial charge in [-0.15, -0.1) is 0 Å². The molecule has 0 spiro atoms. The van der Waals surface area contributed by atoms with Gasteiger partial charge in [0.05, 0.1) is 12.0 Å². The molecule has 2 fully saturated rings. The zero-order valence-electron chi connectivity index (χ0n) is 15.3. The van der Waals surface area contributed by atoms with Crippen molar-refractivity contribution in [1.82, 2.24) is 0 Å². The van der Waals surface area contributed by atoms with E-state index in [1.54, 1.807) is 6.08 Å². The third kappa shape index (κ3) is 3.64. The fraction of sp³-hybridized carbons (Fsp3) is 0.765. The Morgan fingerprint density at radius 2 is 2.04 bits per heavy atom. The molecule has 0 unspecified atom stereocenters. The van der Waals surface area contributed by atoms with Crippen LogP contribution < -0.4 is 0 Å². The molecular formula is C17H28O6Si. The first-order chi connectivity index (χ1) is 10.9. The van der Waals surface area contributed by atoms with E-state index in [1.807, 2.05) is 6.92 Å². The predicted octanol–water partition coefficient (Wildman–Crippen LogP) is 1.82. The molecule has 2 aliphatic rings. The molecule has 0 amide bonds. The van der Waals surface area contributed by atoms with Crippen LogP contribution in [0.3, 0.4) is 0 Å². The fourth-order valence-corrected chi connectivity index (χ4v) is 3.33. The van der Waals surface area contributed by atoms with Crippen LogP contribution in [0, 0.1) is 5.92 Å². The Balaban J connectivity index is 2.07. The molecule has 0 bridgehead atoms. The molecule has 0 saturated carbocycles. The molecule has 4 atom stereocenters. The number of rotatable bonds is 6. The van der Waals surface area contributed by atoms with Crippen LogP contribution in [-0.4, -0.2) is 56.2 Å². The minimum Gasteiger partial charge on any atom is -0.463 e. The highest BCUT2D eigenvalue weighted by molar-refractivity contribution is 6.74. The van der Waals surface area contributed by atoms with Gasteiger partial charge < -0.3 is 19.0 Å². The average Bonchev–Trinajstić information content (AvgIpc) is 3.09. The lowest BCUT2D eigenvalue weighted by Crippen LogP contribution is -2.51. The van der Waals surface area contributed by atoms with Gasteiger partial charge in [-0.1, -0.05) is 20.8 Å². The maximum absolute atomic E-state index is 12.4. The van der Waals surface area contributed by atoms with Gasteiger partial charge in [0, 0.05) is 6.61 Å². The van der Waals surface area contributed by atoms with Crippen LogP contribution in [0.4, 0.5) is 0 Å². The van der Waals surface area contributed by atoms with E-state index >= 15 is 0 Å². The third-order valence-corrected chi connectivity index (χ3v) is 9.84. The highest BCUT2D eigenvalue weighted by Crippen LogP contribution is 2.38. The summed E-state index contributed by atoms with van der Waals surface area (Å²) in [5.74, 6) is -2.27. The van der Waals surface area contributed by atoms with E-state index in [9.17, 15) is 14.7 Å². The first-order valence-electron chi connectivity index (χ1n) is 8.31. The van der Waals surface area contributed by atoms with E-state index < -0.39 is 31.6 Å². The van der Waals surface area contributed by atoms with Crippen LogP contribution in [0.15, 0.2) is 12.2 Å². The van der Waals surface area contributed by atoms with Crippen LogP contribution in [0.2, 0.25) is 18.1 Å². The molecule has 2 heterocycles. The first-order valence-corrected chi connectivity index (χ1v) is 11.2. The van der Waals surface area contributed by atoms with Gasteiger partial charge in [0.2, 0.25) is 5.60 Å². The molecule has 0 aromatic heterocycles. The van der Waals surface area contributed by atoms with E-state index in [2.05, 4.69) is 33.9 Å². The Morgan fingerprint density at radius 1 is 1.46 bits per heavy atom. The summed E-state index contributed by atoms with van der Waals surface area (Å²) in [6.07, 6.45) is 2.73. The second kappa shape index (κ2) is 6.37. The van der Waals surface area contributed by atoms with Crippen molar-refractivity contribution in [2.45, 2.75) is 63.6 Å². The standard InChI is InChI=1S/C17H28O6Si/c1-11-13(23-11)7-8-14(18)17(20)12(9-21-15(17)19)10-22-24(5,6)16(2,3)4/h7-8,11-13,20H,9-10H2,1-6H3/b8-7+/t11-,12-,13+,17-/m1/s1. The molecule has 2 rings (SSSR count). The summed E-state index contributed by atoms with van der Waals surface area (Å²) in [7, 11) is -2.05. The van der Waals surface area contributed by atoms with Crippen molar-refractivity contribution in [2.75, 3.05) is 13.2 Å². The summed E-state index contributed by atoms with van der Waals surface area (Å²) in [6.45, 7) is 12.5. The van der Waals surface area contributed by atoms with Crippen LogP contribution in [0.25, 0.3) is 0 Å². The van der Waals surface area contributed by atoms with Gasteiger partial charge >= 0.3 is 5.97 Å². The van der Waals surface area contributed by atoms with Gasteiger partial charge in [-0.25, -0.2) is 4.79 Å². The van der Waals surface area contributed by atoms with Crippen LogP contribution in [0.1, 0.15) is 27.7 Å². The summed E-state index contributed by atoms with van der Waals surface area (Å²) in [6, 6.07) is 0. The number of epoxide rings is 1. The Hall–Kier alpha value is -1.02. The van der Waals surface area contributed by atoms with E-state index in [0.717, 1.165) is 0 Å². The minimum absolute atomic E-state index is 0.00204. The number of ether oxygens (including phenoxy) is 2. The molecule has 1 N–H and O–H groups in total. The van der Waals surface area contributed by atoms with Crippen molar-refractivity contribution >= 4 is 20.1 Å². The van der Waals surface area contributed by atoms with E-state index in [4.69, 9.17) is 13.9 Å². The summed E-state index contributed by atoms with van der Waals surface area (Å²) >= 11 is 0. The molecule has 2 aliphatic heterocycles. The van der Waals surface area contributed by atoms with Crippen molar-refractivity contribution in [3.8, 4) is 0 Å². The van der Waals surface area contributed by atoms with Crippen molar-refractivity contribution < 1.29 is 28.6 Å². The fourth-order valence-electron chi connectivity index (χ4n) is 2.28. The van der Waals surface area contributed by atoms with Crippen LogP contribution in [0.5, 0.6) is 0 Å². The number of carbonyl (C=O) groups is 2. The van der Waals surface area contributed by atoms with Gasteiger partial charge in [0.1, 0.15) is 12.7 Å². The molecule has 6 nitrogen and oxygen atoms in total. The molecular weight excluding hydrogens is 328 g/mol. The zero-order chi connectivity index (χ0) is 18.3. The van der Waals surface area contributed by atoms with Crippen molar-refractivity contribution in [1.29, 1.82) is 0 Å². The maximum atomic E-state index is 12.4.